The van der Waals surface area contributed by atoms with Gasteiger partial charge in [-0.3, -0.25) is 9.00 Å². The molecule has 26 heavy (non-hydrogen) atoms. The van der Waals surface area contributed by atoms with Gasteiger partial charge in [-0.1, -0.05) is 6.92 Å². The molecule has 0 bridgehead atoms. The Morgan fingerprint density at radius 1 is 1.12 bits per heavy atom. The molecule has 7 nitrogen and oxygen atoms in total. The van der Waals surface area contributed by atoms with E-state index >= 15 is 0 Å². The molecule has 2 unspecified atom stereocenters. The smallest absolute Gasteiger partial charge is 0.253 e. The second-order valence-electron chi connectivity index (χ2n) is 5.83. The van der Waals surface area contributed by atoms with Crippen LogP contribution in [0.3, 0.4) is 0 Å². The van der Waals surface area contributed by atoms with Crippen molar-refractivity contribution in [2.75, 3.05) is 20.5 Å². The first kappa shape index (κ1) is 18.1. The van der Waals surface area contributed by atoms with E-state index < -0.39 is 10.8 Å². The molecule has 1 aromatic carbocycles. The number of nitrogens with one attached hydrogen (secondary N) is 1. The Hall–Kier alpha value is -2.74. The topological polar surface area (TPSA) is 94.2 Å². The highest BCUT2D eigenvalue weighted by Gasteiger charge is 2.16. The summed E-state index contributed by atoms with van der Waals surface area (Å²) < 4.78 is 22.1. The number of rotatable bonds is 5. The highest BCUT2D eigenvalue weighted by atomic mass is 32.2. The van der Waals surface area contributed by atoms with E-state index in [0.717, 1.165) is 5.56 Å². The number of hydrogen-bond donors (Lipinski definition) is 1. The minimum Gasteiger partial charge on any atom is -0.497 e. The van der Waals surface area contributed by atoms with Crippen LogP contribution in [0.2, 0.25) is 0 Å². The zero-order valence-electron chi connectivity index (χ0n) is 14.9. The van der Waals surface area contributed by atoms with Crippen molar-refractivity contribution < 1.29 is 13.7 Å². The van der Waals surface area contributed by atoms with Crippen molar-refractivity contribution in [3.8, 4) is 11.5 Å². The van der Waals surface area contributed by atoms with Crippen molar-refractivity contribution in [3.05, 3.63) is 51.9 Å². The number of aromatic amines is 1. The van der Waals surface area contributed by atoms with Gasteiger partial charge in [0.05, 0.1) is 25.0 Å². The number of nitrogens with zero attached hydrogens (tertiary/aromatic N) is 2. The summed E-state index contributed by atoms with van der Waals surface area (Å²) in [7, 11) is 1.85. The predicted octanol–water partition coefficient (Wildman–Crippen LogP) is 2.22. The first-order chi connectivity index (χ1) is 12.4. The van der Waals surface area contributed by atoms with Crippen molar-refractivity contribution in [1.82, 2.24) is 15.0 Å². The second kappa shape index (κ2) is 7.25. The maximum Gasteiger partial charge on any atom is 0.253 e. The molecule has 1 N–H and O–H groups in total. The van der Waals surface area contributed by atoms with Gasteiger partial charge in [-0.25, -0.2) is 9.97 Å². The molecule has 0 fully saturated rings. The lowest BCUT2D eigenvalue weighted by molar-refractivity contribution is 0.393. The summed E-state index contributed by atoms with van der Waals surface area (Å²) in [6.45, 7) is 1.93. The van der Waals surface area contributed by atoms with Gasteiger partial charge in [-0.2, -0.15) is 0 Å². The van der Waals surface area contributed by atoms with E-state index in [1.807, 2.05) is 19.1 Å². The first-order valence-corrected chi connectivity index (χ1v) is 9.45. The van der Waals surface area contributed by atoms with Crippen LogP contribution in [-0.2, 0) is 10.8 Å². The lowest BCUT2D eigenvalue weighted by atomic mass is 9.93. The predicted molar refractivity (Wildman–Crippen MR) is 99.6 cm³/mol. The summed E-state index contributed by atoms with van der Waals surface area (Å²) in [5.41, 5.74) is 1.58. The molecule has 0 aliphatic rings. The van der Waals surface area contributed by atoms with E-state index in [1.165, 1.54) is 6.26 Å². The molecule has 0 aliphatic carbocycles. The molecule has 0 radical (unpaired) electrons. The Kier molecular flexibility index (Phi) is 5.03. The second-order valence-corrected chi connectivity index (χ2v) is 7.11. The van der Waals surface area contributed by atoms with Crippen LogP contribution in [0, 0.1) is 0 Å². The number of ether oxygens (including phenoxy) is 2. The minimum absolute atomic E-state index is 0.187. The van der Waals surface area contributed by atoms with E-state index in [-0.39, 0.29) is 16.6 Å². The third-order valence-corrected chi connectivity index (χ3v) is 4.91. The van der Waals surface area contributed by atoms with E-state index in [0.29, 0.717) is 28.1 Å². The van der Waals surface area contributed by atoms with Crippen LogP contribution in [0.25, 0.3) is 11.0 Å². The molecule has 2 atom stereocenters. The summed E-state index contributed by atoms with van der Waals surface area (Å²) in [6, 6.07) is 7.28. The van der Waals surface area contributed by atoms with E-state index in [9.17, 15) is 9.00 Å². The average Bonchev–Trinajstić information content (AvgIpc) is 2.65. The Balaban J connectivity index is 2.10. The minimum atomic E-state index is -1.32. The Morgan fingerprint density at radius 2 is 1.77 bits per heavy atom. The molecular weight excluding hydrogens is 354 g/mol. The van der Waals surface area contributed by atoms with Crippen molar-refractivity contribution in [1.29, 1.82) is 0 Å². The number of H-pyrrole nitrogens is 1. The van der Waals surface area contributed by atoms with Gasteiger partial charge in [0.1, 0.15) is 17.1 Å². The third kappa shape index (κ3) is 3.45. The molecule has 0 spiro atoms. The van der Waals surface area contributed by atoms with Gasteiger partial charge in [0.15, 0.2) is 0 Å². The maximum absolute atomic E-state index is 12.6. The molecule has 0 saturated carbocycles. The Labute approximate surface area is 152 Å². The highest BCUT2D eigenvalue weighted by Crippen LogP contribution is 2.30. The van der Waals surface area contributed by atoms with Crippen LogP contribution in [0.1, 0.15) is 24.0 Å². The van der Waals surface area contributed by atoms with Crippen molar-refractivity contribution in [3.63, 3.8) is 0 Å². The summed E-state index contributed by atoms with van der Waals surface area (Å²) >= 11 is 0. The summed E-state index contributed by atoms with van der Waals surface area (Å²) in [4.78, 5) is 23.6. The normalized spacial score (nSPS) is 13.4. The van der Waals surface area contributed by atoms with Crippen molar-refractivity contribution in [2.24, 2.45) is 0 Å². The molecule has 8 heteroatoms. The van der Waals surface area contributed by atoms with Gasteiger partial charge < -0.3 is 14.5 Å². The van der Waals surface area contributed by atoms with E-state index in [2.05, 4.69) is 15.0 Å². The molecule has 3 aromatic rings. The average molecular weight is 373 g/mol. The van der Waals surface area contributed by atoms with Crippen molar-refractivity contribution >= 4 is 21.8 Å². The highest BCUT2D eigenvalue weighted by molar-refractivity contribution is 7.84. The van der Waals surface area contributed by atoms with Gasteiger partial charge in [0.25, 0.3) is 5.56 Å². The van der Waals surface area contributed by atoms with Gasteiger partial charge in [0.2, 0.25) is 5.16 Å². The fourth-order valence-corrected chi connectivity index (χ4v) is 3.13. The number of benzene rings is 1. The van der Waals surface area contributed by atoms with Gasteiger partial charge in [-0.15, -0.1) is 0 Å². The number of pyridine rings is 1. The molecule has 3 rings (SSSR count). The standard InChI is InChI=1S/C18H19N3O4S/c1-10(11-5-13(24-2)8-14(6-11)25-3)15-7-12-9-19-18(26(4)23)21-16(12)20-17(15)22/h5-10H,1-4H3,(H,19,20,21,22). The molecule has 136 valence electrons. The molecule has 2 aromatic heterocycles. The number of fused-ring (bicyclic) bond motifs is 1. The fraction of sp³-hybridized carbons (Fsp3) is 0.278. The first-order valence-electron chi connectivity index (χ1n) is 7.89. The fourth-order valence-electron chi connectivity index (χ4n) is 2.71. The number of aromatic nitrogens is 3. The van der Waals surface area contributed by atoms with Crippen LogP contribution >= 0.6 is 0 Å². The third-order valence-electron chi connectivity index (χ3n) is 4.20. The SMILES string of the molecule is COc1cc(OC)cc(C(C)c2cc3cnc(S(C)=O)nc3[nH]c2=O)c1. The monoisotopic (exact) mass is 373 g/mol. The Morgan fingerprint density at radius 3 is 2.35 bits per heavy atom. The maximum atomic E-state index is 12.6. The van der Waals surface area contributed by atoms with E-state index in [1.54, 1.807) is 32.5 Å². The van der Waals surface area contributed by atoms with Gasteiger partial charge in [-0.05, 0) is 23.8 Å². The van der Waals surface area contributed by atoms with Crippen LogP contribution < -0.4 is 15.0 Å². The molecular formula is C18H19N3O4S. The zero-order chi connectivity index (χ0) is 18.8. The van der Waals surface area contributed by atoms with Crippen LogP contribution in [-0.4, -0.2) is 39.6 Å². The molecule has 0 aliphatic heterocycles. The lowest BCUT2D eigenvalue weighted by Gasteiger charge is -2.15. The lowest BCUT2D eigenvalue weighted by Crippen LogP contribution is -2.16. The quantitative estimate of drug-likeness (QED) is 0.689. The van der Waals surface area contributed by atoms with Crippen molar-refractivity contribution in [2.45, 2.75) is 18.0 Å². The summed E-state index contributed by atoms with van der Waals surface area (Å²) in [5.74, 6) is 1.11. The van der Waals surface area contributed by atoms with Gasteiger partial charge in [0, 0.05) is 35.4 Å². The zero-order valence-corrected chi connectivity index (χ0v) is 15.7. The van der Waals surface area contributed by atoms with Crippen LogP contribution in [0.15, 0.2) is 40.4 Å². The molecule has 0 saturated heterocycles. The van der Waals surface area contributed by atoms with Gasteiger partial charge >= 0.3 is 0 Å². The van der Waals surface area contributed by atoms with Crippen LogP contribution in [0.4, 0.5) is 0 Å². The number of hydrogen-bond acceptors (Lipinski definition) is 6. The Bertz CT molecular complexity index is 1030. The van der Waals surface area contributed by atoms with E-state index in [4.69, 9.17) is 9.47 Å². The molecule has 0 amide bonds. The summed E-state index contributed by atoms with van der Waals surface area (Å²) in [6.07, 6.45) is 3.06. The number of methoxy groups -OCH3 is 2. The molecule has 2 heterocycles. The largest absolute Gasteiger partial charge is 0.497 e. The summed E-state index contributed by atoms with van der Waals surface area (Å²) in [5, 5.41) is 0.863. The van der Waals surface area contributed by atoms with Crippen LogP contribution in [0.5, 0.6) is 11.5 Å².